The number of hydrogen-bond donors (Lipinski definition) is 2. The Morgan fingerprint density at radius 2 is 2.14 bits per heavy atom. The molecular weight excluding hydrogens is 378 g/mol. The third kappa shape index (κ3) is 5.37. The maximum atomic E-state index is 12.3. The number of nitrogens with zero attached hydrogens (tertiary/aromatic N) is 3. The van der Waals surface area contributed by atoms with Gasteiger partial charge in [0.25, 0.3) is 5.91 Å². The van der Waals surface area contributed by atoms with Crippen LogP contribution in [0.3, 0.4) is 0 Å². The smallest absolute Gasteiger partial charge is 0.410 e. The molecule has 154 valence electrons. The van der Waals surface area contributed by atoms with Crippen LogP contribution < -0.4 is 10.6 Å². The van der Waals surface area contributed by atoms with E-state index in [1.807, 2.05) is 38.3 Å². The molecule has 8 nitrogen and oxygen atoms in total. The molecule has 0 saturated carbocycles. The quantitative estimate of drug-likeness (QED) is 0.727. The topological polar surface area (TPSA) is 86.3 Å². The summed E-state index contributed by atoms with van der Waals surface area (Å²) in [5.74, 6) is 0.866. The second-order valence-corrected chi connectivity index (χ2v) is 8.90. The fourth-order valence-electron chi connectivity index (χ4n) is 3.21. The van der Waals surface area contributed by atoms with Gasteiger partial charge in [-0.1, -0.05) is 6.07 Å². The van der Waals surface area contributed by atoms with Crippen molar-refractivity contribution in [1.82, 2.24) is 20.4 Å². The zero-order valence-electron chi connectivity index (χ0n) is 16.7. The largest absolute Gasteiger partial charge is 0.444 e. The molecule has 1 fully saturated rings. The molecule has 1 unspecified atom stereocenters. The van der Waals surface area contributed by atoms with Crippen LogP contribution in [0.15, 0.2) is 22.5 Å². The fourth-order valence-corrected chi connectivity index (χ4v) is 3.85. The predicted octanol–water partition coefficient (Wildman–Crippen LogP) is 1.75. The molecule has 2 N–H and O–H groups in total. The Morgan fingerprint density at radius 3 is 2.86 bits per heavy atom. The van der Waals surface area contributed by atoms with Gasteiger partial charge in [-0.2, -0.15) is 0 Å². The van der Waals surface area contributed by atoms with Crippen molar-refractivity contribution in [1.29, 1.82) is 0 Å². The van der Waals surface area contributed by atoms with E-state index in [0.717, 1.165) is 30.3 Å². The summed E-state index contributed by atoms with van der Waals surface area (Å²) < 4.78 is 5.47. The van der Waals surface area contributed by atoms with Crippen LogP contribution in [-0.2, 0) is 4.74 Å². The van der Waals surface area contributed by atoms with E-state index in [1.165, 1.54) is 11.3 Å². The molecule has 2 aliphatic heterocycles. The van der Waals surface area contributed by atoms with E-state index in [2.05, 4.69) is 20.5 Å². The minimum absolute atomic E-state index is 0.0217. The molecule has 1 saturated heterocycles. The van der Waals surface area contributed by atoms with E-state index < -0.39 is 5.60 Å². The van der Waals surface area contributed by atoms with Crippen molar-refractivity contribution in [2.24, 2.45) is 4.99 Å². The summed E-state index contributed by atoms with van der Waals surface area (Å²) >= 11 is 1.44. The van der Waals surface area contributed by atoms with E-state index in [0.29, 0.717) is 26.2 Å². The number of rotatable bonds is 5. The maximum Gasteiger partial charge on any atom is 0.410 e. The van der Waals surface area contributed by atoms with Gasteiger partial charge in [-0.3, -0.25) is 9.79 Å². The molecule has 1 aromatic rings. The molecular formula is C19H29N5O3S. The van der Waals surface area contributed by atoms with Crippen molar-refractivity contribution in [2.75, 3.05) is 39.3 Å². The first-order chi connectivity index (χ1) is 13.3. The number of fused-ring (bicyclic) bond motifs is 1. The summed E-state index contributed by atoms with van der Waals surface area (Å²) in [4.78, 5) is 33.5. The molecule has 0 spiro atoms. The zero-order valence-corrected chi connectivity index (χ0v) is 17.6. The van der Waals surface area contributed by atoms with Gasteiger partial charge in [0, 0.05) is 32.7 Å². The van der Waals surface area contributed by atoms with Gasteiger partial charge in [0.2, 0.25) is 0 Å². The molecule has 1 aromatic heterocycles. The third-order valence-electron chi connectivity index (χ3n) is 4.53. The van der Waals surface area contributed by atoms with Crippen LogP contribution in [0.5, 0.6) is 0 Å². The molecule has 3 heterocycles. The first kappa shape index (κ1) is 20.4. The zero-order chi connectivity index (χ0) is 20.1. The average molecular weight is 408 g/mol. The first-order valence-corrected chi connectivity index (χ1v) is 10.6. The SMILES string of the molecule is CC(C)(C)OC(=O)N1CCN2C(NCCCNC(=O)c3cccs3)=NCC2C1. The number of aliphatic imine (C=N–C) groups is 1. The third-order valence-corrected chi connectivity index (χ3v) is 5.39. The standard InChI is InChI=1S/C19H29N5O3S/c1-19(2,3)27-18(26)23-9-10-24-14(13-23)12-22-17(24)21-8-5-7-20-16(25)15-6-4-11-28-15/h4,6,11,14H,5,7-10,12-13H2,1-3H3,(H,20,25)(H,21,22). The molecule has 0 aromatic carbocycles. The number of amides is 2. The lowest BCUT2D eigenvalue weighted by molar-refractivity contribution is 0.0137. The van der Waals surface area contributed by atoms with Crippen LogP contribution in [-0.4, -0.2) is 78.7 Å². The number of ether oxygens (including phenoxy) is 1. The summed E-state index contributed by atoms with van der Waals surface area (Å²) in [7, 11) is 0. The molecule has 28 heavy (non-hydrogen) atoms. The Bertz CT molecular complexity index is 714. The highest BCUT2D eigenvalue weighted by molar-refractivity contribution is 7.12. The van der Waals surface area contributed by atoms with Crippen molar-refractivity contribution in [3.05, 3.63) is 22.4 Å². The Balaban J connectivity index is 1.35. The van der Waals surface area contributed by atoms with Crippen molar-refractivity contribution >= 4 is 29.3 Å². The van der Waals surface area contributed by atoms with Crippen molar-refractivity contribution in [3.8, 4) is 0 Å². The van der Waals surface area contributed by atoms with Gasteiger partial charge in [0.05, 0.1) is 17.5 Å². The van der Waals surface area contributed by atoms with Gasteiger partial charge >= 0.3 is 6.09 Å². The molecule has 0 radical (unpaired) electrons. The minimum Gasteiger partial charge on any atom is -0.444 e. The molecule has 2 amide bonds. The van der Waals surface area contributed by atoms with Crippen LogP contribution in [0.25, 0.3) is 0 Å². The van der Waals surface area contributed by atoms with Gasteiger partial charge < -0.3 is 25.2 Å². The normalized spacial score (nSPS) is 19.1. The van der Waals surface area contributed by atoms with Gasteiger partial charge in [0.1, 0.15) is 5.60 Å². The fraction of sp³-hybridized carbons (Fsp3) is 0.632. The summed E-state index contributed by atoms with van der Waals surface area (Å²) in [6.45, 7) is 9.67. The van der Waals surface area contributed by atoms with E-state index in [1.54, 1.807) is 4.90 Å². The first-order valence-electron chi connectivity index (χ1n) is 9.68. The lowest BCUT2D eigenvalue weighted by atomic mass is 10.2. The lowest BCUT2D eigenvalue weighted by Gasteiger charge is -2.39. The monoisotopic (exact) mass is 407 g/mol. The van der Waals surface area contributed by atoms with E-state index in [9.17, 15) is 9.59 Å². The molecule has 9 heteroatoms. The molecule has 1 atom stereocenters. The van der Waals surface area contributed by atoms with Gasteiger partial charge in [-0.25, -0.2) is 4.79 Å². The van der Waals surface area contributed by atoms with Gasteiger partial charge in [-0.15, -0.1) is 11.3 Å². The van der Waals surface area contributed by atoms with Crippen LogP contribution in [0.2, 0.25) is 0 Å². The average Bonchev–Trinajstić information content (AvgIpc) is 3.29. The Morgan fingerprint density at radius 1 is 1.32 bits per heavy atom. The van der Waals surface area contributed by atoms with Crippen LogP contribution in [0, 0.1) is 0 Å². The number of carbonyl (C=O) groups is 2. The summed E-state index contributed by atoms with van der Waals surface area (Å²) in [6.07, 6.45) is 0.564. The summed E-state index contributed by atoms with van der Waals surface area (Å²) in [5.41, 5.74) is -0.480. The number of carbonyl (C=O) groups excluding carboxylic acids is 2. The number of guanidine groups is 1. The van der Waals surface area contributed by atoms with E-state index >= 15 is 0 Å². The molecule has 0 bridgehead atoms. The summed E-state index contributed by atoms with van der Waals surface area (Å²) in [5, 5.41) is 8.18. The minimum atomic E-state index is -0.480. The van der Waals surface area contributed by atoms with Crippen LogP contribution >= 0.6 is 11.3 Å². The van der Waals surface area contributed by atoms with Crippen LogP contribution in [0.1, 0.15) is 36.9 Å². The molecule has 2 aliphatic rings. The molecule has 0 aliphatic carbocycles. The highest BCUT2D eigenvalue weighted by Crippen LogP contribution is 2.18. The van der Waals surface area contributed by atoms with Crippen LogP contribution in [0.4, 0.5) is 4.79 Å². The van der Waals surface area contributed by atoms with E-state index in [4.69, 9.17) is 4.74 Å². The van der Waals surface area contributed by atoms with Crippen molar-refractivity contribution in [2.45, 2.75) is 38.8 Å². The maximum absolute atomic E-state index is 12.3. The number of thiophene rings is 1. The second-order valence-electron chi connectivity index (χ2n) is 7.95. The summed E-state index contributed by atoms with van der Waals surface area (Å²) in [6, 6.07) is 3.89. The second kappa shape index (κ2) is 8.81. The predicted molar refractivity (Wildman–Crippen MR) is 110 cm³/mol. The number of nitrogens with one attached hydrogen (secondary N) is 2. The lowest BCUT2D eigenvalue weighted by Crippen LogP contribution is -2.57. The highest BCUT2D eigenvalue weighted by atomic mass is 32.1. The highest BCUT2D eigenvalue weighted by Gasteiger charge is 2.36. The van der Waals surface area contributed by atoms with Crippen molar-refractivity contribution in [3.63, 3.8) is 0 Å². The van der Waals surface area contributed by atoms with Gasteiger partial charge in [-0.05, 0) is 38.6 Å². The van der Waals surface area contributed by atoms with Crippen molar-refractivity contribution < 1.29 is 14.3 Å². The molecule has 3 rings (SSSR count). The Kier molecular flexibility index (Phi) is 6.43. The Hall–Kier alpha value is -2.29. The number of piperazine rings is 1. The number of hydrogen-bond acceptors (Lipinski definition) is 7. The Labute approximate surface area is 169 Å². The van der Waals surface area contributed by atoms with Gasteiger partial charge in [0.15, 0.2) is 5.96 Å². The van der Waals surface area contributed by atoms with E-state index in [-0.39, 0.29) is 18.0 Å².